The molecular weight excluding hydrogens is 366 g/mol. The van der Waals surface area contributed by atoms with Gasteiger partial charge in [0, 0.05) is 27.7 Å². The summed E-state index contributed by atoms with van der Waals surface area (Å²) in [7, 11) is 0. The Morgan fingerprint density at radius 2 is 0.550 bits per heavy atom. The Hall–Kier alpha value is -0.960. The molecule has 8 nitrogen and oxygen atoms in total. The normalized spacial score (nSPS) is 6.80. The van der Waals surface area contributed by atoms with Gasteiger partial charge in [-0.1, -0.05) is 0 Å². The highest BCUT2D eigenvalue weighted by Crippen LogP contribution is 1.77. The van der Waals surface area contributed by atoms with Crippen LogP contribution in [-0.4, -0.2) is 23.9 Å². The number of carbonyl (C=O) groups is 4. The van der Waals surface area contributed by atoms with Gasteiger partial charge in [0.15, 0.2) is 0 Å². The molecule has 0 aliphatic rings. The summed E-state index contributed by atoms with van der Waals surface area (Å²) in [4.78, 5) is 37.8. The Kier molecular flexibility index (Phi) is 31.7. The molecule has 0 rings (SSSR count). The van der Waals surface area contributed by atoms with E-state index in [4.69, 9.17) is 0 Å². The van der Waals surface area contributed by atoms with Gasteiger partial charge in [0.2, 0.25) is 0 Å². The van der Waals surface area contributed by atoms with E-state index in [1.807, 2.05) is 0 Å². The van der Waals surface area contributed by atoms with E-state index in [0.29, 0.717) is 0 Å². The van der Waals surface area contributed by atoms with E-state index in [2.05, 4.69) is 64.6 Å². The maximum atomic E-state index is 9.46. The molecule has 0 saturated carbocycles. The molecule has 0 aliphatic carbocycles. The summed E-state index contributed by atoms with van der Waals surface area (Å²) in [5.41, 5.74) is 0. The Morgan fingerprint density at radius 1 is 0.500 bits per heavy atom. The number of halogens is 4. The summed E-state index contributed by atoms with van der Waals surface area (Å²) in [6.07, 6.45) is 0. The minimum atomic E-state index is -0.480. The standard InChI is InChI=1S/4C2H3ClO2/c4*1-2(4)5-3/h4*1H3. The number of hydrogen-bond donors (Lipinski definition) is 0. The van der Waals surface area contributed by atoms with Crippen LogP contribution >= 0.6 is 47.5 Å². The molecule has 0 saturated heterocycles. The van der Waals surface area contributed by atoms with Crippen LogP contribution in [0.4, 0.5) is 0 Å². The van der Waals surface area contributed by atoms with Crippen LogP contribution in [0.15, 0.2) is 0 Å². The second-order valence-electron chi connectivity index (χ2n) is 2.27. The molecule has 0 atom stereocenters. The lowest BCUT2D eigenvalue weighted by Crippen LogP contribution is -1.82. The van der Waals surface area contributed by atoms with Gasteiger partial charge < -0.3 is 17.2 Å². The van der Waals surface area contributed by atoms with Crippen LogP contribution in [0.3, 0.4) is 0 Å². The fourth-order valence-electron chi connectivity index (χ4n) is 0. The molecule has 0 aromatic heterocycles. The van der Waals surface area contributed by atoms with Gasteiger partial charge in [-0.2, -0.15) is 0 Å². The van der Waals surface area contributed by atoms with Gasteiger partial charge in [-0.3, -0.25) is 19.2 Å². The van der Waals surface area contributed by atoms with Crippen molar-refractivity contribution < 1.29 is 36.3 Å². The lowest BCUT2D eigenvalue weighted by molar-refractivity contribution is -0.132. The molecule has 120 valence electrons. The highest BCUT2D eigenvalue weighted by molar-refractivity contribution is 6.13. The van der Waals surface area contributed by atoms with E-state index in [9.17, 15) is 19.2 Å². The first-order valence-corrected chi connectivity index (χ1v) is 5.48. The average Bonchev–Trinajstić information content (AvgIpc) is 2.40. The molecule has 0 unspecified atom stereocenters. The monoisotopic (exact) mass is 376 g/mol. The van der Waals surface area contributed by atoms with E-state index in [-0.39, 0.29) is 0 Å². The Bertz CT molecular complexity index is 228. The van der Waals surface area contributed by atoms with Crippen molar-refractivity contribution in [2.45, 2.75) is 27.7 Å². The van der Waals surface area contributed by atoms with Gasteiger partial charge in [0.05, 0.1) is 0 Å². The summed E-state index contributed by atoms with van der Waals surface area (Å²) in [5, 5.41) is 0. The molecule has 0 fully saturated rings. The molecule has 0 N–H and O–H groups in total. The summed E-state index contributed by atoms with van der Waals surface area (Å²) < 4.78 is 14.3. The van der Waals surface area contributed by atoms with Crippen LogP contribution in [0.5, 0.6) is 0 Å². The van der Waals surface area contributed by atoms with Crippen molar-refractivity contribution in [2.24, 2.45) is 0 Å². The minimum Gasteiger partial charge on any atom is -0.348 e. The van der Waals surface area contributed by atoms with E-state index in [1.54, 1.807) is 0 Å². The Balaban J connectivity index is -0.0000000853. The Labute approximate surface area is 135 Å². The summed E-state index contributed by atoms with van der Waals surface area (Å²) >= 11 is 17.9. The number of rotatable bonds is 0. The van der Waals surface area contributed by atoms with Crippen LogP contribution < -0.4 is 0 Å². The van der Waals surface area contributed by atoms with Crippen LogP contribution in [-0.2, 0) is 36.3 Å². The fourth-order valence-corrected chi connectivity index (χ4v) is 0. The van der Waals surface area contributed by atoms with Crippen molar-refractivity contribution in [1.29, 1.82) is 0 Å². The zero-order valence-corrected chi connectivity index (χ0v) is 13.8. The van der Waals surface area contributed by atoms with Gasteiger partial charge in [0.1, 0.15) is 47.5 Å². The first kappa shape index (κ1) is 27.4. The van der Waals surface area contributed by atoms with Crippen molar-refractivity contribution in [2.75, 3.05) is 0 Å². The molecule has 0 heterocycles. The predicted molar refractivity (Wildman–Crippen MR) is 70.5 cm³/mol. The second-order valence-corrected chi connectivity index (χ2v) is 2.89. The Morgan fingerprint density at radius 3 is 0.550 bits per heavy atom. The topological polar surface area (TPSA) is 105 Å². The smallest absolute Gasteiger partial charge is 0.321 e. The quantitative estimate of drug-likeness (QED) is 0.634. The lowest BCUT2D eigenvalue weighted by atomic mass is 10.9. The first-order chi connectivity index (χ1) is 9.08. The molecule has 0 radical (unpaired) electrons. The molecular formula is C8H12Cl4O8. The van der Waals surface area contributed by atoms with Gasteiger partial charge in [-0.15, -0.1) is 0 Å². The SMILES string of the molecule is CC(=O)OCl.CC(=O)OCl.CC(=O)OCl.CC(=O)OCl. The van der Waals surface area contributed by atoms with E-state index in [1.165, 1.54) is 27.7 Å². The minimum absolute atomic E-state index is 0.480. The van der Waals surface area contributed by atoms with Crippen molar-refractivity contribution in [3.8, 4) is 0 Å². The van der Waals surface area contributed by atoms with Crippen molar-refractivity contribution in [3.63, 3.8) is 0 Å². The van der Waals surface area contributed by atoms with E-state index in [0.717, 1.165) is 0 Å². The van der Waals surface area contributed by atoms with Gasteiger partial charge >= 0.3 is 23.9 Å². The predicted octanol–water partition coefficient (Wildman–Crippen LogP) is 2.81. The molecule has 0 aliphatic heterocycles. The highest BCUT2D eigenvalue weighted by atomic mass is 35.5. The zero-order valence-electron chi connectivity index (χ0n) is 10.8. The third-order valence-corrected chi connectivity index (χ3v) is 1.30. The average molecular weight is 378 g/mol. The molecule has 0 amide bonds. The second kappa shape index (κ2) is 23.2. The van der Waals surface area contributed by atoms with Crippen LogP contribution in [0.25, 0.3) is 0 Å². The molecule has 0 spiro atoms. The molecule has 0 aromatic rings. The molecule has 0 aromatic carbocycles. The van der Waals surface area contributed by atoms with Gasteiger partial charge in [0.25, 0.3) is 0 Å². The zero-order chi connectivity index (χ0) is 17.1. The van der Waals surface area contributed by atoms with Crippen LogP contribution in [0.2, 0.25) is 0 Å². The number of carbonyl (C=O) groups excluding carboxylic acids is 4. The molecule has 20 heavy (non-hydrogen) atoms. The van der Waals surface area contributed by atoms with Crippen LogP contribution in [0, 0.1) is 0 Å². The maximum Gasteiger partial charge on any atom is 0.321 e. The van der Waals surface area contributed by atoms with Crippen molar-refractivity contribution >= 4 is 71.3 Å². The third kappa shape index (κ3) is 88.5. The molecule has 12 heteroatoms. The van der Waals surface area contributed by atoms with Crippen molar-refractivity contribution in [3.05, 3.63) is 0 Å². The van der Waals surface area contributed by atoms with Crippen molar-refractivity contribution in [1.82, 2.24) is 0 Å². The summed E-state index contributed by atoms with van der Waals surface area (Å²) in [6.45, 7) is 4.92. The van der Waals surface area contributed by atoms with E-state index < -0.39 is 23.9 Å². The summed E-state index contributed by atoms with van der Waals surface area (Å²) in [6, 6.07) is 0. The third-order valence-electron chi connectivity index (χ3n) is 0.435. The lowest BCUT2D eigenvalue weighted by Gasteiger charge is -1.74. The molecule has 0 bridgehead atoms. The number of hydrogen-bond acceptors (Lipinski definition) is 8. The fraction of sp³-hybridized carbons (Fsp3) is 0.500. The highest BCUT2D eigenvalue weighted by Gasteiger charge is 1.80. The van der Waals surface area contributed by atoms with Gasteiger partial charge in [-0.25, -0.2) is 0 Å². The summed E-state index contributed by atoms with van der Waals surface area (Å²) in [5.74, 6) is -1.92. The largest absolute Gasteiger partial charge is 0.348 e. The van der Waals surface area contributed by atoms with Gasteiger partial charge in [-0.05, 0) is 0 Å². The first-order valence-electron chi connectivity index (χ1n) is 4.25. The van der Waals surface area contributed by atoms with Crippen LogP contribution in [0.1, 0.15) is 27.7 Å². The van der Waals surface area contributed by atoms with E-state index >= 15 is 0 Å². The maximum absolute atomic E-state index is 9.46.